The summed E-state index contributed by atoms with van der Waals surface area (Å²) in [6, 6.07) is 18.0. The number of nitriles is 1. The highest BCUT2D eigenvalue weighted by molar-refractivity contribution is 9.10. The van der Waals surface area contributed by atoms with Gasteiger partial charge in [0.2, 0.25) is 0 Å². The van der Waals surface area contributed by atoms with E-state index in [9.17, 15) is 4.79 Å². The summed E-state index contributed by atoms with van der Waals surface area (Å²) in [5, 5.41) is 11.8. The molecular weight excluding hydrogens is 394 g/mol. The number of anilines is 1. The zero-order valence-corrected chi connectivity index (χ0v) is 15.2. The lowest BCUT2D eigenvalue weighted by molar-refractivity contribution is 0.102. The van der Waals surface area contributed by atoms with Gasteiger partial charge in [0.15, 0.2) is 0 Å². The maximum absolute atomic E-state index is 12.6. The molecular formula is C20H14BrN3O2. The number of hydrogen-bond acceptors (Lipinski definition) is 4. The van der Waals surface area contributed by atoms with Crippen molar-refractivity contribution in [1.82, 2.24) is 4.98 Å². The Hall–Kier alpha value is -3.17. The third-order valence-corrected chi connectivity index (χ3v) is 4.05. The minimum atomic E-state index is -0.292. The number of rotatable bonds is 5. The van der Waals surface area contributed by atoms with E-state index in [0.29, 0.717) is 22.6 Å². The molecule has 0 saturated heterocycles. The van der Waals surface area contributed by atoms with Crippen molar-refractivity contribution in [3.05, 3.63) is 88.2 Å². The smallest absolute Gasteiger partial charge is 0.259 e. The van der Waals surface area contributed by atoms with Gasteiger partial charge in [-0.3, -0.25) is 9.78 Å². The normalized spacial score (nSPS) is 10.0. The first-order chi connectivity index (χ1) is 12.7. The van der Waals surface area contributed by atoms with Crippen molar-refractivity contribution >= 4 is 27.5 Å². The number of hydrogen-bond donors (Lipinski definition) is 1. The molecule has 1 N–H and O–H groups in total. The van der Waals surface area contributed by atoms with E-state index in [0.717, 1.165) is 10.0 Å². The van der Waals surface area contributed by atoms with Crippen LogP contribution in [0.15, 0.2) is 71.5 Å². The monoisotopic (exact) mass is 407 g/mol. The van der Waals surface area contributed by atoms with Gasteiger partial charge in [-0.15, -0.1) is 0 Å². The van der Waals surface area contributed by atoms with Crippen molar-refractivity contribution in [1.29, 1.82) is 5.26 Å². The maximum atomic E-state index is 12.6. The highest BCUT2D eigenvalue weighted by Gasteiger charge is 2.14. The molecule has 3 aromatic rings. The molecule has 0 aliphatic heterocycles. The summed E-state index contributed by atoms with van der Waals surface area (Å²) in [5.74, 6) is 0.164. The Balaban J connectivity index is 1.79. The van der Waals surface area contributed by atoms with E-state index in [1.54, 1.807) is 54.9 Å². The number of nitrogens with one attached hydrogen (secondary N) is 1. The van der Waals surface area contributed by atoms with Crippen molar-refractivity contribution in [2.24, 2.45) is 0 Å². The van der Waals surface area contributed by atoms with Gasteiger partial charge in [0.05, 0.1) is 29.1 Å². The Morgan fingerprint density at radius 3 is 2.85 bits per heavy atom. The molecule has 0 bridgehead atoms. The predicted octanol–water partition coefficient (Wildman–Crippen LogP) is 4.55. The van der Waals surface area contributed by atoms with E-state index in [-0.39, 0.29) is 12.5 Å². The zero-order chi connectivity index (χ0) is 18.4. The number of amides is 1. The average Bonchev–Trinajstić information content (AvgIpc) is 2.68. The molecule has 1 aromatic heterocycles. The largest absolute Gasteiger partial charge is 0.488 e. The lowest BCUT2D eigenvalue weighted by Gasteiger charge is -2.12. The second-order valence-corrected chi connectivity index (χ2v) is 6.35. The second kappa shape index (κ2) is 8.28. The third kappa shape index (κ3) is 4.47. The van der Waals surface area contributed by atoms with Crippen molar-refractivity contribution < 1.29 is 9.53 Å². The Labute approximate surface area is 159 Å². The number of nitrogens with zero attached hydrogens (tertiary/aromatic N) is 2. The summed E-state index contributed by atoms with van der Waals surface area (Å²) in [6.45, 7) is 0.254. The summed E-state index contributed by atoms with van der Waals surface area (Å²) < 4.78 is 6.60. The number of pyridine rings is 1. The molecule has 1 amide bonds. The van der Waals surface area contributed by atoms with Gasteiger partial charge in [-0.1, -0.05) is 28.1 Å². The lowest BCUT2D eigenvalue weighted by atomic mass is 10.1. The van der Waals surface area contributed by atoms with Gasteiger partial charge < -0.3 is 10.1 Å². The third-order valence-electron chi connectivity index (χ3n) is 3.56. The molecule has 0 fully saturated rings. The minimum absolute atomic E-state index is 0.254. The van der Waals surface area contributed by atoms with Crippen LogP contribution in [0.4, 0.5) is 5.69 Å². The van der Waals surface area contributed by atoms with Crippen molar-refractivity contribution in [2.45, 2.75) is 6.61 Å². The number of aromatic nitrogens is 1. The molecule has 0 aliphatic rings. The molecule has 2 aromatic carbocycles. The number of halogens is 1. The van der Waals surface area contributed by atoms with Crippen LogP contribution in [0.5, 0.6) is 5.75 Å². The van der Waals surface area contributed by atoms with Gasteiger partial charge >= 0.3 is 0 Å². The van der Waals surface area contributed by atoms with Crippen LogP contribution in [0.25, 0.3) is 0 Å². The lowest BCUT2D eigenvalue weighted by Crippen LogP contribution is -2.14. The molecule has 1 heterocycles. The SMILES string of the molecule is N#Cc1cccc(COc2ccc(Br)cc2C(=O)Nc2cccnc2)c1. The van der Waals surface area contributed by atoms with Crippen LogP contribution in [0.3, 0.4) is 0 Å². The van der Waals surface area contributed by atoms with Crippen molar-refractivity contribution in [2.75, 3.05) is 5.32 Å². The van der Waals surface area contributed by atoms with E-state index in [4.69, 9.17) is 10.00 Å². The first kappa shape index (κ1) is 17.6. The summed E-state index contributed by atoms with van der Waals surface area (Å²) in [6.07, 6.45) is 3.21. The summed E-state index contributed by atoms with van der Waals surface area (Å²) in [7, 11) is 0. The van der Waals surface area contributed by atoms with Crippen LogP contribution in [0, 0.1) is 11.3 Å². The zero-order valence-electron chi connectivity index (χ0n) is 13.6. The molecule has 0 aliphatic carbocycles. The molecule has 128 valence electrons. The molecule has 0 unspecified atom stereocenters. The fourth-order valence-electron chi connectivity index (χ4n) is 2.33. The summed E-state index contributed by atoms with van der Waals surface area (Å²) in [4.78, 5) is 16.6. The van der Waals surface area contributed by atoms with Gasteiger partial charge in [0, 0.05) is 10.7 Å². The van der Waals surface area contributed by atoms with E-state index in [1.807, 2.05) is 12.1 Å². The van der Waals surface area contributed by atoms with Gasteiger partial charge in [0.1, 0.15) is 12.4 Å². The van der Waals surface area contributed by atoms with E-state index in [2.05, 4.69) is 32.3 Å². The maximum Gasteiger partial charge on any atom is 0.259 e. The van der Waals surface area contributed by atoms with Crippen LogP contribution in [-0.2, 0) is 6.61 Å². The molecule has 6 heteroatoms. The fraction of sp³-hybridized carbons (Fsp3) is 0.0500. The van der Waals surface area contributed by atoms with Gasteiger partial charge in [-0.05, 0) is 48.0 Å². The number of ether oxygens (including phenoxy) is 1. The van der Waals surface area contributed by atoms with Crippen molar-refractivity contribution in [3.8, 4) is 11.8 Å². The number of carbonyl (C=O) groups excluding carboxylic acids is 1. The van der Waals surface area contributed by atoms with Crippen LogP contribution >= 0.6 is 15.9 Å². The number of carbonyl (C=O) groups is 1. The van der Waals surface area contributed by atoms with Crippen LogP contribution < -0.4 is 10.1 Å². The molecule has 0 atom stereocenters. The van der Waals surface area contributed by atoms with Crippen LogP contribution in [0.1, 0.15) is 21.5 Å². The standard InChI is InChI=1S/C20H14BrN3O2/c21-16-6-7-19(26-13-15-4-1-3-14(9-15)11-22)18(10-16)20(25)24-17-5-2-8-23-12-17/h1-10,12H,13H2,(H,24,25). The summed E-state index contributed by atoms with van der Waals surface area (Å²) in [5.41, 5.74) is 2.42. The molecule has 0 spiro atoms. The Bertz CT molecular complexity index is 968. The highest BCUT2D eigenvalue weighted by Crippen LogP contribution is 2.25. The minimum Gasteiger partial charge on any atom is -0.488 e. The quantitative estimate of drug-likeness (QED) is 0.672. The van der Waals surface area contributed by atoms with Gasteiger partial charge in [0.25, 0.3) is 5.91 Å². The molecule has 0 saturated carbocycles. The van der Waals surface area contributed by atoms with E-state index < -0.39 is 0 Å². The number of benzene rings is 2. The average molecular weight is 408 g/mol. The topological polar surface area (TPSA) is 75.0 Å². The fourth-order valence-corrected chi connectivity index (χ4v) is 2.69. The highest BCUT2D eigenvalue weighted by atomic mass is 79.9. The van der Waals surface area contributed by atoms with E-state index in [1.165, 1.54) is 0 Å². The summed E-state index contributed by atoms with van der Waals surface area (Å²) >= 11 is 3.38. The Kier molecular flexibility index (Phi) is 5.62. The van der Waals surface area contributed by atoms with Crippen LogP contribution in [0.2, 0.25) is 0 Å². The first-order valence-corrected chi connectivity index (χ1v) is 8.58. The van der Waals surface area contributed by atoms with Gasteiger partial charge in [-0.2, -0.15) is 5.26 Å². The molecule has 3 rings (SSSR count). The predicted molar refractivity (Wildman–Crippen MR) is 102 cm³/mol. The van der Waals surface area contributed by atoms with E-state index >= 15 is 0 Å². The van der Waals surface area contributed by atoms with Crippen LogP contribution in [-0.4, -0.2) is 10.9 Å². The Morgan fingerprint density at radius 1 is 1.19 bits per heavy atom. The Morgan fingerprint density at radius 2 is 2.08 bits per heavy atom. The molecule has 26 heavy (non-hydrogen) atoms. The molecule has 0 radical (unpaired) electrons. The van der Waals surface area contributed by atoms with Crippen molar-refractivity contribution in [3.63, 3.8) is 0 Å². The van der Waals surface area contributed by atoms with Gasteiger partial charge in [-0.25, -0.2) is 0 Å². The second-order valence-electron chi connectivity index (χ2n) is 5.44. The molecule has 5 nitrogen and oxygen atoms in total. The first-order valence-electron chi connectivity index (χ1n) is 7.78.